The fourth-order valence-electron chi connectivity index (χ4n) is 2.26. The molecule has 0 radical (unpaired) electrons. The van der Waals surface area contributed by atoms with Crippen molar-refractivity contribution in [2.24, 2.45) is 0 Å². The van der Waals surface area contributed by atoms with Crippen LogP contribution in [0.25, 0.3) is 5.69 Å². The largest absolute Gasteiger partial charge is 0.381 e. The molecule has 106 valence electrons. The number of nitrogens with zero attached hydrogens (tertiary/aromatic N) is 3. The summed E-state index contributed by atoms with van der Waals surface area (Å²) in [5.41, 5.74) is 6.05. The molecule has 1 N–H and O–H groups in total. The van der Waals surface area contributed by atoms with Gasteiger partial charge in [-0.1, -0.05) is 18.2 Å². The Morgan fingerprint density at radius 1 is 0.952 bits per heavy atom. The molecule has 3 aromatic rings. The number of rotatable bonds is 4. The highest BCUT2D eigenvalue weighted by Crippen LogP contribution is 2.16. The maximum atomic E-state index is 4.12. The molecule has 0 saturated heterocycles. The molecule has 4 nitrogen and oxygen atoms in total. The van der Waals surface area contributed by atoms with Crippen molar-refractivity contribution in [3.05, 3.63) is 71.5 Å². The van der Waals surface area contributed by atoms with E-state index in [-0.39, 0.29) is 0 Å². The van der Waals surface area contributed by atoms with Gasteiger partial charge < -0.3 is 5.32 Å². The Morgan fingerprint density at radius 2 is 1.67 bits per heavy atom. The minimum atomic E-state index is 0.826. The smallest absolute Gasteiger partial charge is 0.0858 e. The quantitative estimate of drug-likeness (QED) is 0.794. The predicted molar refractivity (Wildman–Crippen MR) is 84.6 cm³/mol. The van der Waals surface area contributed by atoms with E-state index in [2.05, 4.69) is 47.6 Å². The van der Waals surface area contributed by atoms with Gasteiger partial charge >= 0.3 is 0 Å². The molecular weight excluding hydrogens is 260 g/mol. The van der Waals surface area contributed by atoms with Gasteiger partial charge in [-0.2, -0.15) is 15.0 Å². The summed E-state index contributed by atoms with van der Waals surface area (Å²) in [6, 6.07) is 14.5. The van der Waals surface area contributed by atoms with Gasteiger partial charge in [-0.25, -0.2) is 0 Å². The van der Waals surface area contributed by atoms with Crippen LogP contribution in [0.2, 0.25) is 0 Å². The molecule has 0 spiro atoms. The van der Waals surface area contributed by atoms with E-state index < -0.39 is 0 Å². The molecule has 0 aliphatic carbocycles. The van der Waals surface area contributed by atoms with Crippen molar-refractivity contribution in [3.8, 4) is 5.69 Å². The third-order valence-corrected chi connectivity index (χ3v) is 3.72. The molecule has 4 heteroatoms. The van der Waals surface area contributed by atoms with Crippen LogP contribution in [0.3, 0.4) is 0 Å². The zero-order valence-electron chi connectivity index (χ0n) is 12.2. The number of hydrogen-bond acceptors (Lipinski definition) is 3. The van der Waals surface area contributed by atoms with Crippen molar-refractivity contribution in [2.45, 2.75) is 20.4 Å². The second-order valence-electron chi connectivity index (χ2n) is 5.08. The minimum Gasteiger partial charge on any atom is -0.381 e. The normalized spacial score (nSPS) is 10.6. The van der Waals surface area contributed by atoms with Crippen LogP contribution in [-0.4, -0.2) is 15.0 Å². The van der Waals surface area contributed by atoms with Crippen molar-refractivity contribution in [3.63, 3.8) is 0 Å². The SMILES string of the molecule is Cc1cccc(CNc2ccc(-n3nccn3)cc2)c1C. The van der Waals surface area contributed by atoms with Crippen LogP contribution in [0.4, 0.5) is 5.69 Å². The van der Waals surface area contributed by atoms with Crippen LogP contribution in [0.5, 0.6) is 0 Å². The second kappa shape index (κ2) is 5.79. The molecule has 2 aromatic carbocycles. The second-order valence-corrected chi connectivity index (χ2v) is 5.08. The molecule has 0 saturated carbocycles. The van der Waals surface area contributed by atoms with E-state index >= 15 is 0 Å². The molecule has 3 rings (SSSR count). The van der Waals surface area contributed by atoms with E-state index in [9.17, 15) is 0 Å². The van der Waals surface area contributed by atoms with Gasteiger partial charge in [0.25, 0.3) is 0 Å². The number of aromatic nitrogens is 3. The molecule has 0 aliphatic heterocycles. The first-order chi connectivity index (χ1) is 10.2. The summed E-state index contributed by atoms with van der Waals surface area (Å²) >= 11 is 0. The van der Waals surface area contributed by atoms with Crippen LogP contribution in [0.15, 0.2) is 54.9 Å². The van der Waals surface area contributed by atoms with Crippen molar-refractivity contribution in [1.82, 2.24) is 15.0 Å². The summed E-state index contributed by atoms with van der Waals surface area (Å²) in [5.74, 6) is 0. The Hall–Kier alpha value is -2.62. The van der Waals surface area contributed by atoms with E-state index in [0.29, 0.717) is 0 Å². The fraction of sp³-hybridized carbons (Fsp3) is 0.176. The van der Waals surface area contributed by atoms with Gasteiger partial charge in [0, 0.05) is 12.2 Å². The lowest BCUT2D eigenvalue weighted by Crippen LogP contribution is -2.03. The monoisotopic (exact) mass is 278 g/mol. The summed E-state index contributed by atoms with van der Waals surface area (Å²) in [5, 5.41) is 11.7. The van der Waals surface area contributed by atoms with Gasteiger partial charge in [0.15, 0.2) is 0 Å². The Kier molecular flexibility index (Phi) is 3.69. The van der Waals surface area contributed by atoms with Crippen molar-refractivity contribution in [1.29, 1.82) is 0 Å². The summed E-state index contributed by atoms with van der Waals surface area (Å²) in [6.07, 6.45) is 3.35. The first-order valence-corrected chi connectivity index (χ1v) is 7.00. The van der Waals surface area contributed by atoms with E-state index in [1.807, 2.05) is 24.3 Å². The average Bonchev–Trinajstić information content (AvgIpc) is 3.04. The first-order valence-electron chi connectivity index (χ1n) is 7.00. The molecule has 0 unspecified atom stereocenters. The van der Waals surface area contributed by atoms with Crippen molar-refractivity contribution < 1.29 is 0 Å². The number of aryl methyl sites for hydroxylation is 1. The highest BCUT2D eigenvalue weighted by atomic mass is 15.5. The van der Waals surface area contributed by atoms with Crippen molar-refractivity contribution >= 4 is 5.69 Å². The summed E-state index contributed by atoms with van der Waals surface area (Å²) in [6.45, 7) is 5.14. The maximum Gasteiger partial charge on any atom is 0.0858 e. The molecule has 0 atom stereocenters. The number of anilines is 1. The van der Waals surface area contributed by atoms with Gasteiger partial charge in [-0.15, -0.1) is 0 Å². The van der Waals surface area contributed by atoms with Crippen LogP contribution >= 0.6 is 0 Å². The van der Waals surface area contributed by atoms with Crippen LogP contribution < -0.4 is 5.32 Å². The molecule has 1 aromatic heterocycles. The minimum absolute atomic E-state index is 0.826. The van der Waals surface area contributed by atoms with Crippen LogP contribution in [0.1, 0.15) is 16.7 Å². The van der Waals surface area contributed by atoms with E-state index in [4.69, 9.17) is 0 Å². The lowest BCUT2D eigenvalue weighted by molar-refractivity contribution is 0.752. The highest BCUT2D eigenvalue weighted by Gasteiger charge is 2.01. The van der Waals surface area contributed by atoms with Crippen molar-refractivity contribution in [2.75, 3.05) is 5.32 Å². The Labute approximate surface area is 124 Å². The first kappa shape index (κ1) is 13.4. The summed E-state index contributed by atoms with van der Waals surface area (Å²) in [4.78, 5) is 1.61. The maximum absolute atomic E-state index is 4.12. The van der Waals surface area contributed by atoms with Crippen LogP contribution in [-0.2, 0) is 6.54 Å². The molecule has 0 bridgehead atoms. The topological polar surface area (TPSA) is 42.7 Å². The van der Waals surface area contributed by atoms with Gasteiger partial charge in [0.2, 0.25) is 0 Å². The van der Waals surface area contributed by atoms with Crippen LogP contribution in [0, 0.1) is 13.8 Å². The molecule has 0 amide bonds. The highest BCUT2D eigenvalue weighted by molar-refractivity contribution is 5.49. The molecule has 0 fully saturated rings. The van der Waals surface area contributed by atoms with E-state index in [1.165, 1.54) is 16.7 Å². The molecule has 21 heavy (non-hydrogen) atoms. The Bertz CT molecular complexity index is 715. The molecule has 0 aliphatic rings. The van der Waals surface area contributed by atoms with Gasteiger partial charge in [-0.05, 0) is 54.8 Å². The Balaban J connectivity index is 1.70. The third-order valence-electron chi connectivity index (χ3n) is 3.72. The predicted octanol–water partition coefficient (Wildman–Crippen LogP) is 3.50. The lowest BCUT2D eigenvalue weighted by atomic mass is 10.0. The van der Waals surface area contributed by atoms with E-state index in [1.54, 1.807) is 17.2 Å². The van der Waals surface area contributed by atoms with Gasteiger partial charge in [0.05, 0.1) is 18.1 Å². The summed E-state index contributed by atoms with van der Waals surface area (Å²) < 4.78 is 0. The lowest BCUT2D eigenvalue weighted by Gasteiger charge is -2.11. The van der Waals surface area contributed by atoms with Gasteiger partial charge in [0.1, 0.15) is 0 Å². The Morgan fingerprint density at radius 3 is 2.38 bits per heavy atom. The van der Waals surface area contributed by atoms with E-state index in [0.717, 1.165) is 17.9 Å². The zero-order chi connectivity index (χ0) is 14.7. The third kappa shape index (κ3) is 2.94. The summed E-state index contributed by atoms with van der Waals surface area (Å²) in [7, 11) is 0. The average molecular weight is 278 g/mol. The fourth-order valence-corrected chi connectivity index (χ4v) is 2.26. The molecular formula is C17H18N4. The number of benzene rings is 2. The number of hydrogen-bond donors (Lipinski definition) is 1. The number of nitrogens with one attached hydrogen (secondary N) is 1. The standard InChI is InChI=1S/C17H18N4/c1-13-4-3-5-15(14(13)2)12-18-16-6-8-17(9-7-16)21-19-10-11-20-21/h3-11,18H,12H2,1-2H3. The van der Waals surface area contributed by atoms with Gasteiger partial charge in [-0.3, -0.25) is 0 Å². The molecule has 1 heterocycles. The zero-order valence-corrected chi connectivity index (χ0v) is 12.2.